The van der Waals surface area contributed by atoms with Crippen molar-refractivity contribution >= 4 is 5.97 Å². The Kier molecular flexibility index (Phi) is 5.26. The number of hydrogen-bond donors (Lipinski definition) is 1. The maximum atomic E-state index is 11.7. The Balaban J connectivity index is 2.30. The van der Waals surface area contributed by atoms with Gasteiger partial charge >= 0.3 is 5.97 Å². The lowest BCUT2D eigenvalue weighted by Gasteiger charge is -2.23. The molecule has 0 spiro atoms. The van der Waals surface area contributed by atoms with Crippen molar-refractivity contribution < 1.29 is 9.53 Å². The van der Waals surface area contributed by atoms with Gasteiger partial charge in [0.2, 0.25) is 0 Å². The van der Waals surface area contributed by atoms with E-state index < -0.39 is 0 Å². The zero-order valence-corrected chi connectivity index (χ0v) is 10.8. The van der Waals surface area contributed by atoms with Gasteiger partial charge in [0.15, 0.2) is 0 Å². The van der Waals surface area contributed by atoms with E-state index >= 15 is 0 Å². The van der Waals surface area contributed by atoms with Crippen molar-refractivity contribution in [3.05, 3.63) is 0 Å². The Morgan fingerprint density at radius 1 is 1.25 bits per heavy atom. The summed E-state index contributed by atoms with van der Waals surface area (Å²) in [4.78, 5) is 11.7. The molecule has 1 atom stereocenters. The van der Waals surface area contributed by atoms with Crippen LogP contribution in [-0.2, 0) is 9.53 Å². The highest BCUT2D eigenvalue weighted by atomic mass is 16.6. The molecule has 1 heterocycles. The van der Waals surface area contributed by atoms with Crippen molar-refractivity contribution in [1.29, 1.82) is 0 Å². The van der Waals surface area contributed by atoms with Crippen LogP contribution < -0.4 is 5.32 Å². The van der Waals surface area contributed by atoms with Crippen molar-refractivity contribution in [2.75, 3.05) is 13.1 Å². The molecule has 0 aromatic carbocycles. The SMILES string of the molecule is CC(C)(C)OC(=O)CC1CCCCNCC1. The molecule has 0 aromatic rings. The average Bonchev–Trinajstić information content (AvgIpc) is 2.06. The Morgan fingerprint density at radius 2 is 2.00 bits per heavy atom. The molecule has 1 aliphatic rings. The normalized spacial score (nSPS) is 23.3. The van der Waals surface area contributed by atoms with Crippen molar-refractivity contribution in [2.45, 2.75) is 58.5 Å². The summed E-state index contributed by atoms with van der Waals surface area (Å²) in [6, 6.07) is 0. The number of hydrogen-bond acceptors (Lipinski definition) is 3. The first-order chi connectivity index (χ1) is 7.47. The van der Waals surface area contributed by atoms with E-state index in [0.717, 1.165) is 19.5 Å². The van der Waals surface area contributed by atoms with Crippen molar-refractivity contribution in [3.63, 3.8) is 0 Å². The number of carbonyl (C=O) groups is 1. The monoisotopic (exact) mass is 227 g/mol. The van der Waals surface area contributed by atoms with Gasteiger partial charge in [0, 0.05) is 6.42 Å². The summed E-state index contributed by atoms with van der Waals surface area (Å²) in [5, 5.41) is 3.39. The van der Waals surface area contributed by atoms with Gasteiger partial charge in [0.1, 0.15) is 5.60 Å². The van der Waals surface area contributed by atoms with E-state index in [0.29, 0.717) is 12.3 Å². The molecule has 16 heavy (non-hydrogen) atoms. The molecule has 0 bridgehead atoms. The second-order valence-electron chi connectivity index (χ2n) is 5.69. The Bertz CT molecular complexity index is 212. The van der Waals surface area contributed by atoms with Crippen LogP contribution in [-0.4, -0.2) is 24.7 Å². The van der Waals surface area contributed by atoms with E-state index in [4.69, 9.17) is 4.74 Å². The minimum Gasteiger partial charge on any atom is -0.460 e. The van der Waals surface area contributed by atoms with E-state index in [-0.39, 0.29) is 11.6 Å². The third kappa shape index (κ3) is 6.11. The topological polar surface area (TPSA) is 38.3 Å². The Labute approximate surface area is 98.9 Å². The van der Waals surface area contributed by atoms with Gasteiger partial charge < -0.3 is 10.1 Å². The maximum absolute atomic E-state index is 11.7. The minimum atomic E-state index is -0.350. The molecule has 1 N–H and O–H groups in total. The molecule has 1 saturated heterocycles. The number of ether oxygens (including phenoxy) is 1. The summed E-state index contributed by atoms with van der Waals surface area (Å²) in [5.41, 5.74) is -0.350. The van der Waals surface area contributed by atoms with Crippen LogP contribution in [0.25, 0.3) is 0 Å². The minimum absolute atomic E-state index is 0.0435. The molecule has 0 amide bonds. The molecule has 1 rings (SSSR count). The molecule has 94 valence electrons. The molecule has 0 aromatic heterocycles. The van der Waals surface area contributed by atoms with Crippen LogP contribution in [0.2, 0.25) is 0 Å². The Morgan fingerprint density at radius 3 is 2.69 bits per heavy atom. The maximum Gasteiger partial charge on any atom is 0.306 e. The molecular formula is C13H25NO2. The molecule has 0 aliphatic carbocycles. The van der Waals surface area contributed by atoms with E-state index in [9.17, 15) is 4.79 Å². The summed E-state index contributed by atoms with van der Waals surface area (Å²) < 4.78 is 5.35. The highest BCUT2D eigenvalue weighted by Crippen LogP contribution is 2.20. The van der Waals surface area contributed by atoms with Crippen LogP contribution in [0.4, 0.5) is 0 Å². The summed E-state index contributed by atoms with van der Waals surface area (Å²) in [6.45, 7) is 7.92. The van der Waals surface area contributed by atoms with Crippen LogP contribution in [0.1, 0.15) is 52.9 Å². The van der Waals surface area contributed by atoms with Gasteiger partial charge in [-0.25, -0.2) is 0 Å². The fourth-order valence-electron chi connectivity index (χ4n) is 2.08. The third-order valence-corrected chi connectivity index (χ3v) is 2.82. The zero-order valence-electron chi connectivity index (χ0n) is 10.8. The molecular weight excluding hydrogens is 202 g/mol. The van der Waals surface area contributed by atoms with E-state index in [2.05, 4.69) is 5.32 Å². The molecule has 0 saturated carbocycles. The smallest absolute Gasteiger partial charge is 0.306 e. The predicted molar refractivity (Wildman–Crippen MR) is 65.3 cm³/mol. The zero-order chi connectivity index (χ0) is 12.0. The van der Waals surface area contributed by atoms with Crippen LogP contribution in [0.3, 0.4) is 0 Å². The quantitative estimate of drug-likeness (QED) is 0.737. The van der Waals surface area contributed by atoms with Gasteiger partial charge in [-0.05, 0) is 59.0 Å². The number of rotatable bonds is 2. The predicted octanol–water partition coefficient (Wildman–Crippen LogP) is 2.50. The highest BCUT2D eigenvalue weighted by Gasteiger charge is 2.20. The first kappa shape index (κ1) is 13.5. The van der Waals surface area contributed by atoms with E-state index in [1.54, 1.807) is 0 Å². The molecule has 1 unspecified atom stereocenters. The molecule has 3 nitrogen and oxygen atoms in total. The van der Waals surface area contributed by atoms with Gasteiger partial charge in [0.05, 0.1) is 0 Å². The summed E-state index contributed by atoms with van der Waals surface area (Å²) in [5.74, 6) is 0.459. The molecule has 0 radical (unpaired) electrons. The summed E-state index contributed by atoms with van der Waals surface area (Å²) >= 11 is 0. The number of nitrogens with one attached hydrogen (secondary N) is 1. The fourth-order valence-corrected chi connectivity index (χ4v) is 2.08. The van der Waals surface area contributed by atoms with Crippen LogP contribution >= 0.6 is 0 Å². The largest absolute Gasteiger partial charge is 0.460 e. The van der Waals surface area contributed by atoms with Gasteiger partial charge in [-0.2, -0.15) is 0 Å². The molecule has 3 heteroatoms. The second kappa shape index (κ2) is 6.24. The van der Waals surface area contributed by atoms with Crippen molar-refractivity contribution in [3.8, 4) is 0 Å². The standard InChI is InChI=1S/C13H25NO2/c1-13(2,3)16-12(15)10-11-6-4-5-8-14-9-7-11/h11,14H,4-10H2,1-3H3. The van der Waals surface area contributed by atoms with Crippen molar-refractivity contribution in [2.24, 2.45) is 5.92 Å². The first-order valence-electron chi connectivity index (χ1n) is 6.40. The van der Waals surface area contributed by atoms with Gasteiger partial charge in [-0.3, -0.25) is 4.79 Å². The summed E-state index contributed by atoms with van der Waals surface area (Å²) in [6.07, 6.45) is 5.30. The van der Waals surface area contributed by atoms with Gasteiger partial charge in [0.25, 0.3) is 0 Å². The molecule has 1 aliphatic heterocycles. The lowest BCUT2D eigenvalue weighted by atomic mass is 9.93. The van der Waals surface area contributed by atoms with Gasteiger partial charge in [-0.1, -0.05) is 6.42 Å². The Hall–Kier alpha value is -0.570. The van der Waals surface area contributed by atoms with Crippen molar-refractivity contribution in [1.82, 2.24) is 5.32 Å². The van der Waals surface area contributed by atoms with Crippen LogP contribution in [0, 0.1) is 5.92 Å². The van der Waals surface area contributed by atoms with Crippen LogP contribution in [0.5, 0.6) is 0 Å². The lowest BCUT2D eigenvalue weighted by Crippen LogP contribution is -2.27. The first-order valence-corrected chi connectivity index (χ1v) is 6.40. The summed E-state index contributed by atoms with van der Waals surface area (Å²) in [7, 11) is 0. The third-order valence-electron chi connectivity index (χ3n) is 2.82. The van der Waals surface area contributed by atoms with E-state index in [1.165, 1.54) is 19.3 Å². The average molecular weight is 227 g/mol. The molecule has 1 fully saturated rings. The van der Waals surface area contributed by atoms with Gasteiger partial charge in [-0.15, -0.1) is 0 Å². The van der Waals surface area contributed by atoms with Crippen LogP contribution in [0.15, 0.2) is 0 Å². The van der Waals surface area contributed by atoms with E-state index in [1.807, 2.05) is 20.8 Å². The number of esters is 1. The number of carbonyl (C=O) groups excluding carboxylic acids is 1. The second-order valence-corrected chi connectivity index (χ2v) is 5.69. The fraction of sp³-hybridized carbons (Fsp3) is 0.923. The lowest BCUT2D eigenvalue weighted by molar-refractivity contribution is -0.156. The highest BCUT2D eigenvalue weighted by molar-refractivity contribution is 5.70.